The van der Waals surface area contributed by atoms with E-state index in [0.29, 0.717) is 0 Å². The molecular weight excluding hydrogens is 360 g/mol. The smallest absolute Gasteiger partial charge is 0.261 e. The molecule has 2 nitrogen and oxygen atoms in total. The summed E-state index contributed by atoms with van der Waals surface area (Å²) in [6, 6.07) is 21.2. The van der Waals surface area contributed by atoms with E-state index in [1.165, 1.54) is 10.4 Å². The molecular formula is C25H36O2Si. The van der Waals surface area contributed by atoms with E-state index in [2.05, 4.69) is 82.8 Å². The van der Waals surface area contributed by atoms with Gasteiger partial charge in [0.05, 0.1) is 12.2 Å². The van der Waals surface area contributed by atoms with Gasteiger partial charge < -0.3 is 9.53 Å². The van der Waals surface area contributed by atoms with Crippen LogP contribution in [0.2, 0.25) is 5.04 Å². The maximum absolute atomic E-state index is 10.7. The number of hydrogen-bond acceptors (Lipinski definition) is 2. The first kappa shape index (κ1) is 22.6. The van der Waals surface area contributed by atoms with Crippen molar-refractivity contribution in [1.82, 2.24) is 0 Å². The second-order valence-corrected chi connectivity index (χ2v) is 12.8. The second-order valence-electron chi connectivity index (χ2n) is 8.54. The Bertz CT molecular complexity index is 667. The topological polar surface area (TPSA) is 29.5 Å². The van der Waals surface area contributed by atoms with Gasteiger partial charge in [0.15, 0.2) is 0 Å². The molecule has 0 spiro atoms. The van der Waals surface area contributed by atoms with Crippen LogP contribution in [-0.4, -0.2) is 25.6 Å². The van der Waals surface area contributed by atoms with Gasteiger partial charge in [-0.15, -0.1) is 6.58 Å². The number of benzene rings is 2. The van der Waals surface area contributed by atoms with Gasteiger partial charge in [0.1, 0.15) is 0 Å². The Morgan fingerprint density at radius 2 is 1.46 bits per heavy atom. The minimum Gasteiger partial charge on any atom is -0.401 e. The molecule has 0 saturated carbocycles. The fraction of sp³-hybridized carbons (Fsp3) is 0.440. The lowest BCUT2D eigenvalue weighted by Gasteiger charge is -2.45. The van der Waals surface area contributed by atoms with Crippen LogP contribution in [0.15, 0.2) is 73.3 Å². The molecule has 3 heteroatoms. The maximum atomic E-state index is 10.7. The van der Waals surface area contributed by atoms with Crippen LogP contribution in [0.4, 0.5) is 0 Å². The first-order valence-corrected chi connectivity index (χ1v) is 12.4. The van der Waals surface area contributed by atoms with Crippen molar-refractivity contribution in [3.63, 3.8) is 0 Å². The molecule has 2 aromatic rings. The minimum absolute atomic E-state index is 0.0976. The van der Waals surface area contributed by atoms with E-state index in [9.17, 15) is 5.11 Å². The Morgan fingerprint density at radius 1 is 0.964 bits per heavy atom. The molecule has 0 amide bonds. The highest BCUT2D eigenvalue weighted by atomic mass is 28.4. The molecule has 0 aliphatic rings. The number of aliphatic hydroxyl groups is 1. The summed E-state index contributed by atoms with van der Waals surface area (Å²) in [4.78, 5) is 0. The molecule has 0 aromatic heterocycles. The minimum atomic E-state index is -2.66. The van der Waals surface area contributed by atoms with E-state index < -0.39 is 14.4 Å². The fourth-order valence-corrected chi connectivity index (χ4v) is 8.69. The highest BCUT2D eigenvalue weighted by Crippen LogP contribution is 2.38. The molecule has 0 heterocycles. The van der Waals surface area contributed by atoms with Gasteiger partial charge in [0.25, 0.3) is 8.32 Å². The van der Waals surface area contributed by atoms with Gasteiger partial charge in [-0.3, -0.25) is 0 Å². The van der Waals surface area contributed by atoms with E-state index in [1.807, 2.05) is 12.1 Å². The number of hydrogen-bond donors (Lipinski definition) is 1. The highest BCUT2D eigenvalue weighted by molar-refractivity contribution is 6.99. The van der Waals surface area contributed by atoms with E-state index >= 15 is 0 Å². The summed E-state index contributed by atoms with van der Waals surface area (Å²) < 4.78 is 7.09. The van der Waals surface area contributed by atoms with Crippen molar-refractivity contribution in [2.45, 2.75) is 70.6 Å². The van der Waals surface area contributed by atoms with Gasteiger partial charge in [-0.1, -0.05) is 114 Å². The number of aliphatic hydroxyl groups excluding tert-OH is 1. The van der Waals surface area contributed by atoms with Crippen molar-refractivity contribution in [1.29, 1.82) is 0 Å². The molecule has 0 bridgehead atoms. The third-order valence-electron chi connectivity index (χ3n) is 5.46. The molecule has 2 rings (SSSR count). The summed E-state index contributed by atoms with van der Waals surface area (Å²) in [5, 5.41) is 13.1. The quantitative estimate of drug-likeness (QED) is 0.346. The van der Waals surface area contributed by atoms with Gasteiger partial charge >= 0.3 is 0 Å². The third-order valence-corrected chi connectivity index (χ3v) is 10.5. The highest BCUT2D eigenvalue weighted by Gasteiger charge is 2.51. The van der Waals surface area contributed by atoms with Crippen LogP contribution in [0.25, 0.3) is 0 Å². The molecule has 1 N–H and O–H groups in total. The normalized spacial score (nSPS) is 14.5. The molecule has 28 heavy (non-hydrogen) atoms. The zero-order chi connectivity index (χ0) is 20.6. The van der Waals surface area contributed by atoms with E-state index in [-0.39, 0.29) is 11.1 Å². The Kier molecular flexibility index (Phi) is 8.23. The summed E-state index contributed by atoms with van der Waals surface area (Å²) in [7, 11) is -2.66. The lowest BCUT2D eigenvalue weighted by atomic mass is 10.1. The van der Waals surface area contributed by atoms with Crippen LogP contribution in [0.1, 0.15) is 53.4 Å². The Labute approximate surface area is 172 Å². The zero-order valence-electron chi connectivity index (χ0n) is 17.9. The van der Waals surface area contributed by atoms with Gasteiger partial charge in [-0.05, 0) is 21.8 Å². The average Bonchev–Trinajstić information content (AvgIpc) is 2.70. The monoisotopic (exact) mass is 396 g/mol. The largest absolute Gasteiger partial charge is 0.401 e. The summed E-state index contributed by atoms with van der Waals surface area (Å²) in [5.41, 5.74) is 0. The van der Waals surface area contributed by atoms with Crippen molar-refractivity contribution in [3.05, 3.63) is 73.3 Å². The third kappa shape index (κ3) is 5.02. The molecule has 152 valence electrons. The number of unbranched alkanes of at least 4 members (excludes halogenated alkanes) is 2. The Morgan fingerprint density at radius 3 is 1.86 bits per heavy atom. The van der Waals surface area contributed by atoms with E-state index in [0.717, 1.165) is 25.7 Å². The van der Waals surface area contributed by atoms with Crippen molar-refractivity contribution in [2.75, 3.05) is 0 Å². The van der Waals surface area contributed by atoms with E-state index in [1.54, 1.807) is 6.08 Å². The molecule has 0 fully saturated rings. The average molecular weight is 397 g/mol. The standard InChI is InChI=1S/C25H36O2Si/c1-6-8-11-20-24(23(26)7-2)27-28(25(3,4)5,21-16-12-9-13-17-21)22-18-14-10-15-19-22/h7,9-10,12-19,23-24,26H,2,6,8,11,20H2,1,3-5H3/t23-,24-/m0/s1. The summed E-state index contributed by atoms with van der Waals surface area (Å²) >= 11 is 0. The number of rotatable bonds is 10. The predicted octanol–water partition coefficient (Wildman–Crippen LogP) is 5.06. The van der Waals surface area contributed by atoms with Crippen LogP contribution in [0.3, 0.4) is 0 Å². The second kappa shape index (κ2) is 10.2. The SMILES string of the molecule is C=C[C@H](O)[C@H](CCCCC)O[Si](c1ccccc1)(c1ccccc1)C(C)(C)C. The van der Waals surface area contributed by atoms with Crippen molar-refractivity contribution < 1.29 is 9.53 Å². The molecule has 2 aromatic carbocycles. The Hall–Kier alpha value is -1.68. The predicted molar refractivity (Wildman–Crippen MR) is 123 cm³/mol. The molecule has 0 aliphatic carbocycles. The first-order valence-electron chi connectivity index (χ1n) is 10.5. The van der Waals surface area contributed by atoms with Crippen LogP contribution in [0.5, 0.6) is 0 Å². The van der Waals surface area contributed by atoms with Crippen molar-refractivity contribution in [2.24, 2.45) is 0 Å². The van der Waals surface area contributed by atoms with Crippen LogP contribution >= 0.6 is 0 Å². The molecule has 0 radical (unpaired) electrons. The maximum Gasteiger partial charge on any atom is 0.261 e. The lowest BCUT2D eigenvalue weighted by Crippen LogP contribution is -2.68. The van der Waals surface area contributed by atoms with Crippen molar-refractivity contribution in [3.8, 4) is 0 Å². The molecule has 0 saturated heterocycles. The lowest BCUT2D eigenvalue weighted by molar-refractivity contribution is 0.0527. The van der Waals surface area contributed by atoms with Crippen LogP contribution in [-0.2, 0) is 4.43 Å². The molecule has 2 atom stereocenters. The van der Waals surface area contributed by atoms with Gasteiger partial charge in [-0.25, -0.2) is 0 Å². The van der Waals surface area contributed by atoms with Crippen molar-refractivity contribution >= 4 is 18.7 Å². The summed E-state index contributed by atoms with van der Waals surface area (Å²) in [5.74, 6) is 0. The van der Waals surface area contributed by atoms with Gasteiger partial charge in [-0.2, -0.15) is 0 Å². The van der Waals surface area contributed by atoms with E-state index in [4.69, 9.17) is 4.43 Å². The molecule has 0 aliphatic heterocycles. The fourth-order valence-electron chi connectivity index (χ4n) is 3.97. The van der Waals surface area contributed by atoms with Crippen LogP contribution < -0.4 is 10.4 Å². The molecule has 0 unspecified atom stereocenters. The summed E-state index contributed by atoms with van der Waals surface area (Å²) in [6.45, 7) is 12.8. The van der Waals surface area contributed by atoms with Gasteiger partial charge in [0.2, 0.25) is 0 Å². The zero-order valence-corrected chi connectivity index (χ0v) is 18.9. The van der Waals surface area contributed by atoms with Gasteiger partial charge in [0, 0.05) is 0 Å². The van der Waals surface area contributed by atoms with Crippen LogP contribution in [0, 0.1) is 0 Å². The first-order chi connectivity index (χ1) is 13.4. The summed E-state index contributed by atoms with van der Waals surface area (Å²) in [6.07, 6.45) is 4.87. The Balaban J connectivity index is 2.60.